The number of hydrogen-bond acceptors (Lipinski definition) is 4. The molecule has 0 radical (unpaired) electrons. The summed E-state index contributed by atoms with van der Waals surface area (Å²) in [6.07, 6.45) is 3.60. The molecule has 1 atom stereocenters. The first-order chi connectivity index (χ1) is 7.85. The van der Waals surface area contributed by atoms with Crippen molar-refractivity contribution in [1.82, 2.24) is 9.88 Å². The lowest BCUT2D eigenvalue weighted by atomic mass is 10.2. The Hall–Kier alpha value is -1.91. The molecule has 4 nitrogen and oxygen atoms in total. The number of pyridine rings is 1. The minimum Gasteiger partial charge on any atom is -0.284 e. The zero-order chi connectivity index (χ0) is 11.4. The average molecular weight is 212 g/mol. The molecule has 16 heavy (non-hydrogen) atoms. The Morgan fingerprint density at radius 3 is 3.12 bits per heavy atom. The maximum Gasteiger partial charge on any atom is 0.144 e. The van der Waals surface area contributed by atoms with Gasteiger partial charge in [0.15, 0.2) is 0 Å². The maximum absolute atomic E-state index is 8.97. The Labute approximate surface area is 94.7 Å². The quantitative estimate of drug-likeness (QED) is 0.744. The van der Waals surface area contributed by atoms with E-state index in [1.807, 2.05) is 12.1 Å². The molecule has 2 rings (SSSR count). The number of aromatic nitrogens is 1. The third kappa shape index (κ3) is 2.03. The Morgan fingerprint density at radius 1 is 1.50 bits per heavy atom. The summed E-state index contributed by atoms with van der Waals surface area (Å²) < 4.78 is 0. The Balaban J connectivity index is 2.15. The molecule has 1 aromatic rings. The topological polar surface area (TPSA) is 63.7 Å². The summed E-state index contributed by atoms with van der Waals surface area (Å²) in [6, 6.07) is 8.10. The third-order valence-corrected chi connectivity index (χ3v) is 2.88. The Bertz CT molecular complexity index is 455. The van der Waals surface area contributed by atoms with E-state index in [9.17, 15) is 0 Å². The highest BCUT2D eigenvalue weighted by Gasteiger charge is 2.24. The van der Waals surface area contributed by atoms with E-state index in [4.69, 9.17) is 10.5 Å². The lowest BCUT2D eigenvalue weighted by Gasteiger charge is -2.18. The lowest BCUT2D eigenvalue weighted by molar-refractivity contribution is 0.286. The number of nitrogens with zero attached hydrogens (tertiary/aromatic N) is 4. The van der Waals surface area contributed by atoms with Crippen LogP contribution >= 0.6 is 0 Å². The van der Waals surface area contributed by atoms with E-state index in [0.717, 1.165) is 24.9 Å². The summed E-state index contributed by atoms with van der Waals surface area (Å²) in [4.78, 5) is 6.13. The van der Waals surface area contributed by atoms with E-state index in [2.05, 4.69) is 22.0 Å². The van der Waals surface area contributed by atoms with Crippen molar-refractivity contribution in [2.75, 3.05) is 6.54 Å². The van der Waals surface area contributed by atoms with Crippen LogP contribution in [0.5, 0.6) is 0 Å². The van der Waals surface area contributed by atoms with Crippen molar-refractivity contribution in [3.63, 3.8) is 0 Å². The molecule has 1 aliphatic rings. The first kappa shape index (κ1) is 10.6. The standard InChI is InChI=1S/C12H12N4/c13-7-11-4-2-6-16(11)9-10-3-1-5-15-12(10)8-14/h1,3,5,11H,2,4,6,9H2. The smallest absolute Gasteiger partial charge is 0.144 e. The van der Waals surface area contributed by atoms with Gasteiger partial charge < -0.3 is 0 Å². The van der Waals surface area contributed by atoms with E-state index in [0.29, 0.717) is 12.2 Å². The van der Waals surface area contributed by atoms with Crippen LogP contribution in [-0.2, 0) is 6.54 Å². The zero-order valence-electron chi connectivity index (χ0n) is 8.93. The average Bonchev–Trinajstić information content (AvgIpc) is 2.77. The first-order valence-electron chi connectivity index (χ1n) is 5.33. The SMILES string of the molecule is N#Cc1ncccc1CN1CCCC1C#N. The molecule has 1 saturated heterocycles. The summed E-state index contributed by atoms with van der Waals surface area (Å²) in [6.45, 7) is 1.58. The number of nitriles is 2. The summed E-state index contributed by atoms with van der Waals surface area (Å²) in [7, 11) is 0. The van der Waals surface area contributed by atoms with Crippen LogP contribution in [0.2, 0.25) is 0 Å². The van der Waals surface area contributed by atoms with Gasteiger partial charge in [0, 0.05) is 18.3 Å². The van der Waals surface area contributed by atoms with Gasteiger partial charge in [0.2, 0.25) is 0 Å². The van der Waals surface area contributed by atoms with Gasteiger partial charge in [-0.15, -0.1) is 0 Å². The highest BCUT2D eigenvalue weighted by atomic mass is 15.2. The number of rotatable bonds is 2. The minimum atomic E-state index is -0.00764. The molecule has 1 aromatic heterocycles. The van der Waals surface area contributed by atoms with E-state index in [1.165, 1.54) is 0 Å². The molecule has 1 aliphatic heterocycles. The van der Waals surface area contributed by atoms with Gasteiger partial charge in [-0.3, -0.25) is 4.90 Å². The van der Waals surface area contributed by atoms with Crippen LogP contribution in [0.4, 0.5) is 0 Å². The minimum absolute atomic E-state index is 0.00764. The van der Waals surface area contributed by atoms with Gasteiger partial charge in [0.1, 0.15) is 11.8 Å². The molecule has 0 bridgehead atoms. The molecule has 4 heteroatoms. The van der Waals surface area contributed by atoms with Gasteiger partial charge >= 0.3 is 0 Å². The van der Waals surface area contributed by atoms with Crippen LogP contribution in [0.3, 0.4) is 0 Å². The normalized spacial score (nSPS) is 20.2. The highest BCUT2D eigenvalue weighted by Crippen LogP contribution is 2.20. The van der Waals surface area contributed by atoms with E-state index in [-0.39, 0.29) is 6.04 Å². The second-order valence-electron chi connectivity index (χ2n) is 3.88. The fourth-order valence-corrected chi connectivity index (χ4v) is 2.05. The fraction of sp³-hybridized carbons (Fsp3) is 0.417. The molecule has 2 heterocycles. The van der Waals surface area contributed by atoms with Crippen molar-refractivity contribution in [3.8, 4) is 12.1 Å². The van der Waals surface area contributed by atoms with Gasteiger partial charge in [-0.05, 0) is 25.5 Å². The molecule has 0 saturated carbocycles. The molecule has 0 N–H and O–H groups in total. The largest absolute Gasteiger partial charge is 0.284 e. The summed E-state index contributed by atoms with van der Waals surface area (Å²) in [5, 5.41) is 17.9. The molecule has 0 aromatic carbocycles. The second kappa shape index (κ2) is 4.74. The van der Waals surface area contributed by atoms with Crippen LogP contribution in [0.1, 0.15) is 24.1 Å². The predicted octanol–water partition coefficient (Wildman–Crippen LogP) is 1.44. The monoisotopic (exact) mass is 212 g/mol. The van der Waals surface area contributed by atoms with E-state index in [1.54, 1.807) is 6.20 Å². The van der Waals surface area contributed by atoms with Crippen LogP contribution < -0.4 is 0 Å². The van der Waals surface area contributed by atoms with Crippen molar-refractivity contribution in [3.05, 3.63) is 29.6 Å². The molecule has 0 amide bonds. The molecule has 80 valence electrons. The van der Waals surface area contributed by atoms with Crippen LogP contribution in [0.15, 0.2) is 18.3 Å². The molecule has 1 fully saturated rings. The Morgan fingerprint density at radius 2 is 2.38 bits per heavy atom. The summed E-state index contributed by atoms with van der Waals surface area (Å²) in [5.41, 5.74) is 1.37. The molecular formula is C12H12N4. The molecule has 0 aliphatic carbocycles. The second-order valence-corrected chi connectivity index (χ2v) is 3.88. The van der Waals surface area contributed by atoms with Crippen LogP contribution in [0, 0.1) is 22.7 Å². The zero-order valence-corrected chi connectivity index (χ0v) is 8.93. The van der Waals surface area contributed by atoms with Crippen LogP contribution in [0.25, 0.3) is 0 Å². The van der Waals surface area contributed by atoms with Gasteiger partial charge in [-0.1, -0.05) is 6.07 Å². The van der Waals surface area contributed by atoms with E-state index >= 15 is 0 Å². The van der Waals surface area contributed by atoms with Gasteiger partial charge in [0.05, 0.1) is 12.1 Å². The number of likely N-dealkylation sites (tertiary alicyclic amines) is 1. The molecular weight excluding hydrogens is 200 g/mol. The van der Waals surface area contributed by atoms with Crippen LogP contribution in [-0.4, -0.2) is 22.5 Å². The van der Waals surface area contributed by atoms with Crippen molar-refractivity contribution in [1.29, 1.82) is 10.5 Å². The van der Waals surface area contributed by atoms with Crippen molar-refractivity contribution in [2.45, 2.75) is 25.4 Å². The fourth-order valence-electron chi connectivity index (χ4n) is 2.05. The first-order valence-corrected chi connectivity index (χ1v) is 5.33. The van der Waals surface area contributed by atoms with Crippen molar-refractivity contribution < 1.29 is 0 Å². The van der Waals surface area contributed by atoms with Gasteiger partial charge in [-0.25, -0.2) is 4.98 Å². The molecule has 0 spiro atoms. The molecule has 1 unspecified atom stereocenters. The predicted molar refractivity (Wildman–Crippen MR) is 58.0 cm³/mol. The van der Waals surface area contributed by atoms with E-state index < -0.39 is 0 Å². The van der Waals surface area contributed by atoms with Crippen molar-refractivity contribution >= 4 is 0 Å². The summed E-state index contributed by atoms with van der Waals surface area (Å²) >= 11 is 0. The lowest BCUT2D eigenvalue weighted by Crippen LogP contribution is -2.27. The van der Waals surface area contributed by atoms with Gasteiger partial charge in [-0.2, -0.15) is 10.5 Å². The van der Waals surface area contributed by atoms with Crippen molar-refractivity contribution in [2.24, 2.45) is 0 Å². The maximum atomic E-state index is 8.97. The number of hydrogen-bond donors (Lipinski definition) is 0. The third-order valence-electron chi connectivity index (χ3n) is 2.88. The Kier molecular flexibility index (Phi) is 3.14. The van der Waals surface area contributed by atoms with Gasteiger partial charge in [0.25, 0.3) is 0 Å². The summed E-state index contributed by atoms with van der Waals surface area (Å²) in [5.74, 6) is 0. The highest BCUT2D eigenvalue weighted by molar-refractivity contribution is 5.30.